The Bertz CT molecular complexity index is 386. The Labute approximate surface area is 113 Å². The van der Waals surface area contributed by atoms with Crippen LogP contribution >= 0.6 is 11.3 Å². The summed E-state index contributed by atoms with van der Waals surface area (Å²) in [5.41, 5.74) is 5.69. The van der Waals surface area contributed by atoms with Gasteiger partial charge in [-0.05, 0) is 45.3 Å². The van der Waals surface area contributed by atoms with Gasteiger partial charge in [0.2, 0.25) is 0 Å². The zero-order chi connectivity index (χ0) is 12.4. The summed E-state index contributed by atoms with van der Waals surface area (Å²) in [6.07, 6.45) is 7.42. The molecule has 0 amide bonds. The maximum absolute atomic E-state index is 5.69. The third kappa shape index (κ3) is 2.84. The first-order valence-corrected chi connectivity index (χ1v) is 7.79. The lowest BCUT2D eigenvalue weighted by molar-refractivity contribution is 0.111. The second-order valence-corrected chi connectivity index (χ2v) is 6.59. The van der Waals surface area contributed by atoms with Gasteiger partial charge in [0.15, 0.2) is 5.13 Å². The van der Waals surface area contributed by atoms with Crippen LogP contribution in [0.5, 0.6) is 0 Å². The first-order chi connectivity index (χ1) is 8.81. The van der Waals surface area contributed by atoms with Crippen molar-refractivity contribution in [2.75, 3.05) is 31.9 Å². The van der Waals surface area contributed by atoms with E-state index >= 15 is 0 Å². The number of hydrogen-bond donors (Lipinski definition) is 1. The number of nitrogen functional groups attached to an aromatic ring is 1. The van der Waals surface area contributed by atoms with Crippen molar-refractivity contribution in [2.24, 2.45) is 0 Å². The number of nitrogens with zero attached hydrogens (tertiary/aromatic N) is 3. The van der Waals surface area contributed by atoms with Gasteiger partial charge in [-0.15, -0.1) is 11.3 Å². The Hall–Kier alpha value is -0.650. The van der Waals surface area contributed by atoms with Crippen LogP contribution in [0.25, 0.3) is 0 Å². The second-order valence-electron chi connectivity index (χ2n) is 5.44. The number of aromatic nitrogens is 1. The molecule has 3 rings (SSSR count). The van der Waals surface area contributed by atoms with Gasteiger partial charge in [0.05, 0.1) is 0 Å². The lowest BCUT2D eigenvalue weighted by atomic mass is 10.0. The number of anilines is 1. The number of hydrogen-bond acceptors (Lipinski definition) is 5. The summed E-state index contributed by atoms with van der Waals surface area (Å²) in [4.78, 5) is 10.7. The molecule has 0 aromatic carbocycles. The van der Waals surface area contributed by atoms with Gasteiger partial charge in [0, 0.05) is 30.2 Å². The Morgan fingerprint density at radius 2 is 2.11 bits per heavy atom. The van der Waals surface area contributed by atoms with Crippen molar-refractivity contribution in [3.05, 3.63) is 11.1 Å². The lowest BCUT2D eigenvalue weighted by Crippen LogP contribution is -2.46. The van der Waals surface area contributed by atoms with Crippen molar-refractivity contribution in [1.82, 2.24) is 14.8 Å². The van der Waals surface area contributed by atoms with Gasteiger partial charge in [-0.25, -0.2) is 4.98 Å². The largest absolute Gasteiger partial charge is 0.375 e. The molecule has 2 aliphatic rings. The minimum absolute atomic E-state index is 0.693. The molecule has 0 saturated carbocycles. The number of nitrogens with two attached hydrogens (primary N) is 1. The molecule has 1 aromatic heterocycles. The van der Waals surface area contributed by atoms with E-state index in [0.29, 0.717) is 5.13 Å². The zero-order valence-electron chi connectivity index (χ0n) is 10.8. The van der Waals surface area contributed by atoms with Crippen molar-refractivity contribution in [3.8, 4) is 0 Å². The van der Waals surface area contributed by atoms with E-state index in [1.807, 2.05) is 6.20 Å². The zero-order valence-corrected chi connectivity index (χ0v) is 11.7. The molecule has 2 fully saturated rings. The fraction of sp³-hybridized carbons (Fsp3) is 0.769. The highest BCUT2D eigenvalue weighted by atomic mass is 32.1. The molecular formula is C13H22N4S. The van der Waals surface area contributed by atoms with Crippen LogP contribution in [0.2, 0.25) is 0 Å². The monoisotopic (exact) mass is 266 g/mol. The molecule has 2 saturated heterocycles. The first-order valence-electron chi connectivity index (χ1n) is 6.98. The fourth-order valence-corrected chi connectivity index (χ4v) is 3.92. The van der Waals surface area contributed by atoms with Crippen molar-refractivity contribution >= 4 is 16.5 Å². The molecule has 1 aromatic rings. The predicted octanol–water partition coefficient (Wildman–Crippen LogP) is 1.79. The molecule has 18 heavy (non-hydrogen) atoms. The van der Waals surface area contributed by atoms with Crippen LogP contribution in [0.3, 0.4) is 0 Å². The molecule has 5 heteroatoms. The van der Waals surface area contributed by atoms with Gasteiger partial charge < -0.3 is 5.73 Å². The highest BCUT2D eigenvalue weighted by molar-refractivity contribution is 7.15. The summed E-state index contributed by atoms with van der Waals surface area (Å²) in [6, 6.07) is 0.784. The molecule has 2 aliphatic heterocycles. The summed E-state index contributed by atoms with van der Waals surface area (Å²) in [5, 5.41) is 0.693. The van der Waals surface area contributed by atoms with E-state index < -0.39 is 0 Å². The molecule has 0 aliphatic carbocycles. The molecule has 4 nitrogen and oxygen atoms in total. The van der Waals surface area contributed by atoms with Crippen molar-refractivity contribution in [2.45, 2.75) is 38.3 Å². The van der Waals surface area contributed by atoms with Gasteiger partial charge in [0.1, 0.15) is 0 Å². The Kier molecular flexibility index (Phi) is 3.82. The van der Waals surface area contributed by atoms with Gasteiger partial charge in [-0.3, -0.25) is 9.80 Å². The molecule has 1 unspecified atom stereocenters. The number of piperidine rings is 1. The quantitative estimate of drug-likeness (QED) is 0.906. The van der Waals surface area contributed by atoms with Crippen LogP contribution in [-0.2, 0) is 6.54 Å². The molecular weight excluding hydrogens is 244 g/mol. The Morgan fingerprint density at radius 1 is 1.28 bits per heavy atom. The topological polar surface area (TPSA) is 45.4 Å². The van der Waals surface area contributed by atoms with E-state index in [9.17, 15) is 0 Å². The standard InChI is InChI=1S/C13H22N4S/c14-13-15-8-12(18-13)10-16-5-3-4-11(9-16)17-6-1-2-7-17/h8,11H,1-7,9-10H2,(H2,14,15). The highest BCUT2D eigenvalue weighted by Crippen LogP contribution is 2.23. The van der Waals surface area contributed by atoms with Crippen LogP contribution in [0.4, 0.5) is 5.13 Å². The molecule has 2 N–H and O–H groups in total. The van der Waals surface area contributed by atoms with Crippen LogP contribution in [0, 0.1) is 0 Å². The van der Waals surface area contributed by atoms with Crippen molar-refractivity contribution in [1.29, 1.82) is 0 Å². The van der Waals surface area contributed by atoms with E-state index in [1.54, 1.807) is 11.3 Å². The first kappa shape index (κ1) is 12.4. The summed E-state index contributed by atoms with van der Waals surface area (Å²) in [6.45, 7) is 6.09. The highest BCUT2D eigenvalue weighted by Gasteiger charge is 2.27. The summed E-state index contributed by atoms with van der Waals surface area (Å²) in [5.74, 6) is 0. The predicted molar refractivity (Wildman–Crippen MR) is 75.6 cm³/mol. The Balaban J connectivity index is 1.56. The van der Waals surface area contributed by atoms with Crippen molar-refractivity contribution in [3.63, 3.8) is 0 Å². The van der Waals surface area contributed by atoms with E-state index in [4.69, 9.17) is 5.73 Å². The molecule has 0 spiro atoms. The molecule has 3 heterocycles. The smallest absolute Gasteiger partial charge is 0.180 e. The Morgan fingerprint density at radius 3 is 2.83 bits per heavy atom. The summed E-state index contributed by atoms with van der Waals surface area (Å²) < 4.78 is 0. The van der Waals surface area contributed by atoms with E-state index in [2.05, 4.69) is 14.8 Å². The van der Waals surface area contributed by atoms with E-state index in [0.717, 1.165) is 12.6 Å². The third-order valence-electron chi connectivity index (χ3n) is 4.09. The SMILES string of the molecule is Nc1ncc(CN2CCCC(N3CCCC3)C2)s1. The molecule has 1 atom stereocenters. The normalized spacial score (nSPS) is 26.8. The number of rotatable bonds is 3. The van der Waals surface area contributed by atoms with Crippen LogP contribution in [0.1, 0.15) is 30.6 Å². The third-order valence-corrected chi connectivity index (χ3v) is 4.90. The number of thiazole rings is 1. The van der Waals surface area contributed by atoms with Crippen molar-refractivity contribution < 1.29 is 0 Å². The average Bonchev–Trinajstić information content (AvgIpc) is 3.01. The summed E-state index contributed by atoms with van der Waals surface area (Å²) in [7, 11) is 0. The minimum atomic E-state index is 0.693. The van der Waals surface area contributed by atoms with Gasteiger partial charge in [0.25, 0.3) is 0 Å². The maximum Gasteiger partial charge on any atom is 0.180 e. The van der Waals surface area contributed by atoms with Gasteiger partial charge in [-0.2, -0.15) is 0 Å². The molecule has 0 bridgehead atoms. The summed E-state index contributed by atoms with van der Waals surface area (Å²) >= 11 is 1.63. The van der Waals surface area contributed by atoms with E-state index in [1.165, 1.54) is 56.7 Å². The minimum Gasteiger partial charge on any atom is -0.375 e. The van der Waals surface area contributed by atoms with Gasteiger partial charge >= 0.3 is 0 Å². The fourth-order valence-electron chi connectivity index (χ4n) is 3.20. The van der Waals surface area contributed by atoms with E-state index in [-0.39, 0.29) is 0 Å². The molecule has 100 valence electrons. The van der Waals surface area contributed by atoms with Crippen LogP contribution < -0.4 is 5.73 Å². The second kappa shape index (κ2) is 5.55. The molecule has 0 radical (unpaired) electrons. The average molecular weight is 266 g/mol. The van der Waals surface area contributed by atoms with Crippen LogP contribution in [0.15, 0.2) is 6.20 Å². The number of likely N-dealkylation sites (tertiary alicyclic amines) is 2. The maximum atomic E-state index is 5.69. The van der Waals surface area contributed by atoms with Crippen LogP contribution in [-0.4, -0.2) is 47.0 Å². The lowest BCUT2D eigenvalue weighted by Gasteiger charge is -2.37. The van der Waals surface area contributed by atoms with Gasteiger partial charge in [-0.1, -0.05) is 0 Å².